The molecule has 0 spiro atoms. The van der Waals surface area contributed by atoms with E-state index in [0.717, 1.165) is 25.7 Å². The standard InChI is InChI=1S/C13H19N3O3.C9H17NO3.C8H11N3O/c1-13(2,3)19-12(17)16-9-7-10(8-9)18-11-14-5-4-6-15-11;1-9(2,3)13-8(12)10-6-4-7(11)5-6;9-6-4-7(5-6)12-8-10-2-1-3-11-8/h4-6,9-10H,7-8H2,1-3H3,(H,16,17);6-7,11H,4-5H2,1-3H3,(H,10,12);1-3,6-7H,4-5,9H2. The number of ether oxygens (including phenoxy) is 4. The number of amides is 2. The minimum Gasteiger partial charge on any atom is -0.460 e. The van der Waals surface area contributed by atoms with Gasteiger partial charge < -0.3 is 40.4 Å². The van der Waals surface area contributed by atoms with Gasteiger partial charge in [-0.25, -0.2) is 29.5 Å². The van der Waals surface area contributed by atoms with Gasteiger partial charge in [0.15, 0.2) is 0 Å². The monoisotopic (exact) mass is 617 g/mol. The summed E-state index contributed by atoms with van der Waals surface area (Å²) in [6.45, 7) is 11.0. The highest BCUT2D eigenvalue weighted by Gasteiger charge is 2.34. The Hall–Kier alpha value is -3.78. The molecule has 0 aliphatic heterocycles. The van der Waals surface area contributed by atoms with Crippen LogP contribution in [0.2, 0.25) is 0 Å². The molecule has 44 heavy (non-hydrogen) atoms. The maximum Gasteiger partial charge on any atom is 0.407 e. The van der Waals surface area contributed by atoms with Crippen molar-refractivity contribution in [2.75, 3.05) is 0 Å². The van der Waals surface area contributed by atoms with E-state index in [1.54, 1.807) is 36.9 Å². The number of rotatable bonds is 6. The highest BCUT2D eigenvalue weighted by molar-refractivity contribution is 5.68. The van der Waals surface area contributed by atoms with Crippen LogP contribution in [0.1, 0.15) is 80.1 Å². The van der Waals surface area contributed by atoms with E-state index in [9.17, 15) is 9.59 Å². The summed E-state index contributed by atoms with van der Waals surface area (Å²) in [5.74, 6) is 0. The first-order valence-electron chi connectivity index (χ1n) is 14.9. The molecule has 2 amide bonds. The first kappa shape index (κ1) is 34.7. The molecule has 3 aliphatic carbocycles. The van der Waals surface area contributed by atoms with E-state index < -0.39 is 17.3 Å². The van der Waals surface area contributed by atoms with Gasteiger partial charge in [-0.3, -0.25) is 0 Å². The lowest BCUT2D eigenvalue weighted by Crippen LogP contribution is -2.50. The average molecular weight is 618 g/mol. The van der Waals surface area contributed by atoms with Crippen molar-refractivity contribution < 1.29 is 33.6 Å². The number of aromatic nitrogens is 4. The first-order valence-corrected chi connectivity index (χ1v) is 14.9. The van der Waals surface area contributed by atoms with E-state index >= 15 is 0 Å². The second-order valence-electron chi connectivity index (χ2n) is 13.1. The van der Waals surface area contributed by atoms with Crippen molar-refractivity contribution in [3.63, 3.8) is 0 Å². The Morgan fingerprint density at radius 1 is 0.705 bits per heavy atom. The third-order valence-corrected chi connectivity index (χ3v) is 6.41. The van der Waals surface area contributed by atoms with Gasteiger partial charge in [-0.2, -0.15) is 0 Å². The number of hydrogen-bond acceptors (Lipinski definition) is 12. The van der Waals surface area contributed by atoms with Gasteiger partial charge in [0.2, 0.25) is 0 Å². The van der Waals surface area contributed by atoms with Crippen molar-refractivity contribution in [2.45, 2.75) is 128 Å². The minimum atomic E-state index is -0.471. The number of carbonyl (C=O) groups is 2. The number of nitrogens with two attached hydrogens (primary N) is 1. The number of aliphatic hydroxyl groups is 1. The number of aliphatic hydroxyl groups excluding tert-OH is 1. The zero-order valence-corrected chi connectivity index (χ0v) is 26.4. The molecule has 0 atom stereocenters. The Labute approximate surface area is 258 Å². The third-order valence-electron chi connectivity index (χ3n) is 6.41. The van der Waals surface area contributed by atoms with E-state index in [4.69, 9.17) is 29.8 Å². The van der Waals surface area contributed by atoms with E-state index in [-0.39, 0.29) is 36.5 Å². The fourth-order valence-corrected chi connectivity index (χ4v) is 4.13. The summed E-state index contributed by atoms with van der Waals surface area (Å²) in [5, 5.41) is 14.5. The van der Waals surface area contributed by atoms with Crippen LogP contribution >= 0.6 is 0 Å². The van der Waals surface area contributed by atoms with Gasteiger partial charge in [0.25, 0.3) is 0 Å². The molecule has 2 heterocycles. The molecule has 0 saturated heterocycles. The zero-order chi connectivity index (χ0) is 32.3. The van der Waals surface area contributed by atoms with Gasteiger partial charge in [-0.15, -0.1) is 0 Å². The van der Waals surface area contributed by atoms with Gasteiger partial charge in [0.05, 0.1) is 6.10 Å². The van der Waals surface area contributed by atoms with Gasteiger partial charge in [0.1, 0.15) is 23.4 Å². The molecule has 14 nitrogen and oxygen atoms in total. The zero-order valence-electron chi connectivity index (χ0n) is 26.4. The number of nitrogens with one attached hydrogen (secondary N) is 2. The van der Waals surface area contributed by atoms with Crippen molar-refractivity contribution in [1.82, 2.24) is 30.6 Å². The SMILES string of the molecule is CC(C)(C)OC(=O)NC1CC(O)C1.CC(C)(C)OC(=O)NC1CC(Oc2ncccn2)C1.NC1CC(Oc2ncccn2)C1. The Balaban J connectivity index is 0.000000187. The lowest BCUT2D eigenvalue weighted by atomic mass is 9.89. The van der Waals surface area contributed by atoms with E-state index in [1.165, 1.54) is 0 Å². The molecule has 0 bridgehead atoms. The molecule has 0 radical (unpaired) electrons. The van der Waals surface area contributed by atoms with Crippen molar-refractivity contribution >= 4 is 12.2 Å². The smallest absolute Gasteiger partial charge is 0.407 e. The van der Waals surface area contributed by atoms with Crippen molar-refractivity contribution in [1.29, 1.82) is 0 Å². The summed E-state index contributed by atoms with van der Waals surface area (Å²) >= 11 is 0. The molecular formula is C30H47N7O7. The molecule has 2 aromatic rings. The molecule has 3 saturated carbocycles. The minimum absolute atomic E-state index is 0.0577. The average Bonchev–Trinajstić information content (AvgIpc) is 2.85. The topological polar surface area (TPSA) is 193 Å². The first-order chi connectivity index (χ1) is 20.6. The molecule has 2 aromatic heterocycles. The van der Waals surface area contributed by atoms with Crippen LogP contribution in [0.3, 0.4) is 0 Å². The molecule has 5 N–H and O–H groups in total. The fourth-order valence-electron chi connectivity index (χ4n) is 4.13. The van der Waals surface area contributed by atoms with E-state index in [2.05, 4.69) is 30.6 Å². The maximum absolute atomic E-state index is 11.5. The number of alkyl carbamates (subject to hydrolysis) is 2. The van der Waals surface area contributed by atoms with Crippen LogP contribution in [0.5, 0.6) is 12.0 Å². The summed E-state index contributed by atoms with van der Waals surface area (Å²) in [7, 11) is 0. The van der Waals surface area contributed by atoms with Gasteiger partial charge in [-0.05, 0) is 79.4 Å². The lowest BCUT2D eigenvalue weighted by Gasteiger charge is -2.35. The summed E-state index contributed by atoms with van der Waals surface area (Å²) in [6.07, 6.45) is 10.5. The largest absolute Gasteiger partial charge is 0.460 e. The molecule has 5 rings (SSSR count). The van der Waals surface area contributed by atoms with E-state index in [1.807, 2.05) is 41.5 Å². The lowest BCUT2D eigenvalue weighted by molar-refractivity contribution is 0.0299. The Kier molecular flexibility index (Phi) is 12.5. The third kappa shape index (κ3) is 13.7. The van der Waals surface area contributed by atoms with Gasteiger partial charge in [0, 0.05) is 55.8 Å². The molecule has 244 valence electrons. The number of hydrogen-bond donors (Lipinski definition) is 4. The second-order valence-corrected chi connectivity index (χ2v) is 13.1. The Morgan fingerprint density at radius 3 is 1.41 bits per heavy atom. The van der Waals surface area contributed by atoms with Crippen LogP contribution < -0.4 is 25.8 Å². The summed E-state index contributed by atoms with van der Waals surface area (Å²) in [6, 6.07) is 4.82. The number of nitrogens with zero attached hydrogens (tertiary/aromatic N) is 4. The summed E-state index contributed by atoms with van der Waals surface area (Å²) < 4.78 is 21.2. The molecule has 3 aliphatic rings. The second kappa shape index (κ2) is 15.8. The fraction of sp³-hybridized carbons (Fsp3) is 0.667. The summed E-state index contributed by atoms with van der Waals surface area (Å²) in [5.41, 5.74) is 4.68. The van der Waals surface area contributed by atoms with Crippen LogP contribution in [-0.2, 0) is 9.47 Å². The predicted octanol–water partition coefficient (Wildman–Crippen LogP) is 3.29. The molecular weight excluding hydrogens is 570 g/mol. The predicted molar refractivity (Wildman–Crippen MR) is 161 cm³/mol. The van der Waals surface area contributed by atoms with Crippen LogP contribution in [0.4, 0.5) is 9.59 Å². The molecule has 0 aromatic carbocycles. The highest BCUT2D eigenvalue weighted by atomic mass is 16.6. The van der Waals surface area contributed by atoms with Crippen molar-refractivity contribution in [3.8, 4) is 12.0 Å². The van der Waals surface area contributed by atoms with E-state index in [0.29, 0.717) is 30.9 Å². The van der Waals surface area contributed by atoms with Crippen LogP contribution in [-0.4, -0.2) is 84.9 Å². The van der Waals surface area contributed by atoms with Gasteiger partial charge >= 0.3 is 24.2 Å². The van der Waals surface area contributed by atoms with Crippen LogP contribution in [0, 0.1) is 0 Å². The quantitative estimate of drug-likeness (QED) is 0.370. The van der Waals surface area contributed by atoms with Crippen LogP contribution in [0.25, 0.3) is 0 Å². The van der Waals surface area contributed by atoms with Crippen LogP contribution in [0.15, 0.2) is 36.9 Å². The molecule has 0 unspecified atom stereocenters. The maximum atomic E-state index is 11.5. The molecule has 3 fully saturated rings. The summed E-state index contributed by atoms with van der Waals surface area (Å²) in [4.78, 5) is 38.6. The normalized spacial score (nSPS) is 25.4. The van der Waals surface area contributed by atoms with Gasteiger partial charge in [-0.1, -0.05) is 0 Å². The Morgan fingerprint density at radius 2 is 1.07 bits per heavy atom. The Bertz CT molecular complexity index is 1140. The van der Waals surface area contributed by atoms with Crippen molar-refractivity contribution in [3.05, 3.63) is 36.9 Å². The highest BCUT2D eigenvalue weighted by Crippen LogP contribution is 2.25. The van der Waals surface area contributed by atoms with Crippen molar-refractivity contribution in [2.24, 2.45) is 5.73 Å². The molecule has 14 heteroatoms. The number of carbonyl (C=O) groups excluding carboxylic acids is 2.